The van der Waals surface area contributed by atoms with Crippen LogP contribution < -0.4 is 16.4 Å². The number of amides is 2. The Hall–Kier alpha value is -0.770. The summed E-state index contributed by atoms with van der Waals surface area (Å²) in [6, 6.07) is 0.388. The Morgan fingerprint density at radius 2 is 2.36 bits per heavy atom. The van der Waals surface area contributed by atoms with E-state index in [1.54, 1.807) is 0 Å². The van der Waals surface area contributed by atoms with Gasteiger partial charge in [-0.3, -0.25) is 0 Å². The van der Waals surface area contributed by atoms with Crippen LogP contribution in [0.5, 0.6) is 0 Å². The highest BCUT2D eigenvalue weighted by Crippen LogP contribution is 2.18. The Bertz CT molecular complexity index is 145. The third-order valence-electron chi connectivity index (χ3n) is 1.64. The summed E-state index contributed by atoms with van der Waals surface area (Å²) in [6.45, 7) is 2.37. The van der Waals surface area contributed by atoms with E-state index in [9.17, 15) is 4.79 Å². The minimum atomic E-state index is -0.0922. The number of nitrogens with two attached hydrogens (primary N) is 1. The molecule has 0 bridgehead atoms. The van der Waals surface area contributed by atoms with E-state index in [4.69, 9.17) is 5.73 Å². The lowest BCUT2D eigenvalue weighted by Gasteiger charge is -2.11. The zero-order chi connectivity index (χ0) is 8.27. The highest BCUT2D eigenvalue weighted by molar-refractivity contribution is 5.74. The smallest absolute Gasteiger partial charge is 0.315 e. The number of carbonyl (C=O) groups is 1. The maximum absolute atomic E-state index is 11.0. The standard InChI is InChI=1S/C7H15N3O/c1-5(4-8)9-7(11)10-6-2-3-6/h5-6H,2-4,8H2,1H3,(H2,9,10,11)/t5-/m1/s1. The Kier molecular flexibility index (Phi) is 2.70. The first kappa shape index (κ1) is 8.33. The number of hydrogen-bond acceptors (Lipinski definition) is 2. The van der Waals surface area contributed by atoms with E-state index in [1.165, 1.54) is 0 Å². The monoisotopic (exact) mass is 157 g/mol. The number of rotatable bonds is 3. The topological polar surface area (TPSA) is 67.1 Å². The van der Waals surface area contributed by atoms with Crippen molar-refractivity contribution in [1.29, 1.82) is 0 Å². The van der Waals surface area contributed by atoms with Gasteiger partial charge in [0.1, 0.15) is 0 Å². The zero-order valence-corrected chi connectivity index (χ0v) is 6.76. The second-order valence-corrected chi connectivity index (χ2v) is 3.03. The van der Waals surface area contributed by atoms with Gasteiger partial charge in [0.05, 0.1) is 0 Å². The van der Waals surface area contributed by atoms with Crippen LogP contribution in [0, 0.1) is 0 Å². The molecule has 0 spiro atoms. The lowest BCUT2D eigenvalue weighted by atomic mass is 10.3. The van der Waals surface area contributed by atoms with Crippen LogP contribution in [0.2, 0.25) is 0 Å². The van der Waals surface area contributed by atoms with Gasteiger partial charge in [0.25, 0.3) is 0 Å². The summed E-state index contributed by atoms with van der Waals surface area (Å²) in [5, 5.41) is 5.54. The van der Waals surface area contributed by atoms with Gasteiger partial charge >= 0.3 is 6.03 Å². The minimum Gasteiger partial charge on any atom is -0.335 e. The van der Waals surface area contributed by atoms with Crippen LogP contribution in [0.4, 0.5) is 4.79 Å². The summed E-state index contributed by atoms with van der Waals surface area (Å²) < 4.78 is 0. The van der Waals surface area contributed by atoms with Gasteiger partial charge < -0.3 is 16.4 Å². The van der Waals surface area contributed by atoms with Crippen molar-refractivity contribution in [1.82, 2.24) is 10.6 Å². The fourth-order valence-corrected chi connectivity index (χ4v) is 0.737. The molecule has 11 heavy (non-hydrogen) atoms. The summed E-state index contributed by atoms with van der Waals surface area (Å²) in [4.78, 5) is 11.0. The molecule has 1 aliphatic rings. The van der Waals surface area contributed by atoms with Gasteiger partial charge in [0.2, 0.25) is 0 Å². The first-order valence-electron chi connectivity index (χ1n) is 3.99. The van der Waals surface area contributed by atoms with E-state index in [1.807, 2.05) is 6.92 Å². The number of nitrogens with one attached hydrogen (secondary N) is 2. The largest absolute Gasteiger partial charge is 0.335 e. The Labute approximate surface area is 66.5 Å². The molecule has 0 aromatic rings. The molecule has 1 fully saturated rings. The second-order valence-electron chi connectivity index (χ2n) is 3.03. The van der Waals surface area contributed by atoms with Gasteiger partial charge in [-0.05, 0) is 19.8 Å². The number of urea groups is 1. The molecular formula is C7H15N3O. The maximum atomic E-state index is 11.0. The number of carbonyl (C=O) groups excluding carboxylic acids is 1. The van der Waals surface area contributed by atoms with Crippen LogP contribution in [-0.2, 0) is 0 Å². The van der Waals surface area contributed by atoms with Gasteiger partial charge in [-0.25, -0.2) is 4.79 Å². The van der Waals surface area contributed by atoms with E-state index >= 15 is 0 Å². The first-order valence-corrected chi connectivity index (χ1v) is 3.99. The summed E-state index contributed by atoms with van der Waals surface area (Å²) in [5.74, 6) is 0. The van der Waals surface area contributed by atoms with Gasteiger partial charge in [0.15, 0.2) is 0 Å². The van der Waals surface area contributed by atoms with Crippen LogP contribution in [0.1, 0.15) is 19.8 Å². The molecule has 0 unspecified atom stereocenters. The molecule has 1 aliphatic carbocycles. The van der Waals surface area contributed by atoms with Crippen molar-refractivity contribution >= 4 is 6.03 Å². The molecule has 4 N–H and O–H groups in total. The predicted octanol–water partition coefficient (Wildman–Crippen LogP) is -0.205. The van der Waals surface area contributed by atoms with Crippen molar-refractivity contribution in [3.63, 3.8) is 0 Å². The molecule has 4 heteroatoms. The summed E-state index contributed by atoms with van der Waals surface area (Å²) in [6.07, 6.45) is 2.23. The highest BCUT2D eigenvalue weighted by Gasteiger charge is 2.23. The molecule has 0 aromatic heterocycles. The third kappa shape index (κ3) is 3.23. The molecule has 64 valence electrons. The summed E-state index contributed by atoms with van der Waals surface area (Å²) in [7, 11) is 0. The van der Waals surface area contributed by atoms with Crippen molar-refractivity contribution in [2.45, 2.75) is 31.8 Å². The fraction of sp³-hybridized carbons (Fsp3) is 0.857. The average molecular weight is 157 g/mol. The third-order valence-corrected chi connectivity index (χ3v) is 1.64. The van der Waals surface area contributed by atoms with E-state index in [-0.39, 0.29) is 12.1 Å². The minimum absolute atomic E-state index is 0.0637. The Morgan fingerprint density at radius 1 is 1.73 bits per heavy atom. The van der Waals surface area contributed by atoms with E-state index in [0.717, 1.165) is 12.8 Å². The molecular weight excluding hydrogens is 142 g/mol. The van der Waals surface area contributed by atoms with E-state index < -0.39 is 0 Å². The van der Waals surface area contributed by atoms with Gasteiger partial charge in [-0.1, -0.05) is 0 Å². The Balaban J connectivity index is 2.08. The van der Waals surface area contributed by atoms with Crippen LogP contribution in [0.25, 0.3) is 0 Å². The molecule has 0 radical (unpaired) electrons. The van der Waals surface area contributed by atoms with Crippen molar-refractivity contribution in [2.24, 2.45) is 5.73 Å². The van der Waals surface area contributed by atoms with Crippen LogP contribution in [-0.4, -0.2) is 24.7 Å². The molecule has 1 saturated carbocycles. The van der Waals surface area contributed by atoms with Crippen molar-refractivity contribution in [3.05, 3.63) is 0 Å². The molecule has 4 nitrogen and oxygen atoms in total. The zero-order valence-electron chi connectivity index (χ0n) is 6.76. The molecule has 1 rings (SSSR count). The molecule has 0 saturated heterocycles. The van der Waals surface area contributed by atoms with Gasteiger partial charge in [-0.15, -0.1) is 0 Å². The first-order chi connectivity index (χ1) is 5.22. The molecule has 0 aromatic carbocycles. The van der Waals surface area contributed by atoms with E-state index in [2.05, 4.69) is 10.6 Å². The molecule has 2 amide bonds. The van der Waals surface area contributed by atoms with E-state index in [0.29, 0.717) is 12.6 Å². The Morgan fingerprint density at radius 3 is 2.82 bits per heavy atom. The molecule has 1 atom stereocenters. The fourth-order valence-electron chi connectivity index (χ4n) is 0.737. The van der Waals surface area contributed by atoms with Crippen LogP contribution in [0.3, 0.4) is 0 Å². The molecule has 0 heterocycles. The van der Waals surface area contributed by atoms with Gasteiger partial charge in [0, 0.05) is 18.6 Å². The summed E-state index contributed by atoms with van der Waals surface area (Å²) in [5.41, 5.74) is 5.32. The maximum Gasteiger partial charge on any atom is 0.315 e. The quantitative estimate of drug-likeness (QED) is 0.531. The predicted molar refractivity (Wildman–Crippen MR) is 43.2 cm³/mol. The summed E-state index contributed by atoms with van der Waals surface area (Å²) >= 11 is 0. The van der Waals surface area contributed by atoms with Crippen molar-refractivity contribution < 1.29 is 4.79 Å². The van der Waals surface area contributed by atoms with Crippen molar-refractivity contribution in [2.75, 3.05) is 6.54 Å². The van der Waals surface area contributed by atoms with Gasteiger partial charge in [-0.2, -0.15) is 0 Å². The normalized spacial score (nSPS) is 19.1. The highest BCUT2D eigenvalue weighted by atomic mass is 16.2. The second kappa shape index (κ2) is 3.57. The van der Waals surface area contributed by atoms with Crippen molar-refractivity contribution in [3.8, 4) is 0 Å². The lowest BCUT2D eigenvalue weighted by molar-refractivity contribution is 0.237. The lowest BCUT2D eigenvalue weighted by Crippen LogP contribution is -2.44. The average Bonchev–Trinajstić information content (AvgIpc) is 2.71. The SMILES string of the molecule is C[C@H](CN)NC(=O)NC1CC1. The molecule has 0 aliphatic heterocycles. The van der Waals surface area contributed by atoms with Crippen LogP contribution >= 0.6 is 0 Å². The van der Waals surface area contributed by atoms with Crippen LogP contribution in [0.15, 0.2) is 0 Å². The number of hydrogen-bond donors (Lipinski definition) is 3.